The van der Waals surface area contributed by atoms with Crippen LogP contribution in [0.15, 0.2) is 11.2 Å². The van der Waals surface area contributed by atoms with E-state index in [9.17, 15) is 0 Å². The van der Waals surface area contributed by atoms with Gasteiger partial charge in [-0.05, 0) is 31.7 Å². The molecule has 0 aliphatic heterocycles. The lowest BCUT2D eigenvalue weighted by atomic mass is 9.85. The molecule has 0 amide bonds. The second kappa shape index (κ2) is 6.07. The molecule has 0 radical (unpaired) electrons. The van der Waals surface area contributed by atoms with Crippen molar-refractivity contribution < 1.29 is 5.21 Å². The van der Waals surface area contributed by atoms with Gasteiger partial charge >= 0.3 is 0 Å². The zero-order chi connectivity index (χ0) is 14.7. The highest BCUT2D eigenvalue weighted by molar-refractivity contribution is 5.95. The highest BCUT2D eigenvalue weighted by Crippen LogP contribution is 2.29. The largest absolute Gasteiger partial charge is 0.409 e. The van der Waals surface area contributed by atoms with Gasteiger partial charge in [-0.2, -0.15) is 0 Å². The maximum absolute atomic E-state index is 8.79. The fourth-order valence-corrected chi connectivity index (χ4v) is 2.91. The van der Waals surface area contributed by atoms with Crippen molar-refractivity contribution in [2.24, 2.45) is 16.8 Å². The van der Waals surface area contributed by atoms with Crippen LogP contribution in [0.3, 0.4) is 0 Å². The van der Waals surface area contributed by atoms with E-state index in [1.165, 1.54) is 19.3 Å². The molecule has 0 aromatic carbocycles. The van der Waals surface area contributed by atoms with E-state index in [-0.39, 0.29) is 5.84 Å². The van der Waals surface area contributed by atoms with Crippen LogP contribution in [0.5, 0.6) is 0 Å². The summed E-state index contributed by atoms with van der Waals surface area (Å²) in [6, 6.07) is 2.17. The molecule has 0 saturated heterocycles. The van der Waals surface area contributed by atoms with Gasteiger partial charge in [0.2, 0.25) is 5.95 Å². The normalized spacial score (nSPS) is 23.6. The molecule has 110 valence electrons. The maximum Gasteiger partial charge on any atom is 0.226 e. The smallest absolute Gasteiger partial charge is 0.226 e. The van der Waals surface area contributed by atoms with Crippen molar-refractivity contribution in [1.29, 1.82) is 0 Å². The first-order valence-electron chi connectivity index (χ1n) is 7.09. The first kappa shape index (κ1) is 14.6. The minimum absolute atomic E-state index is 0.0156. The Labute approximate surface area is 119 Å². The average Bonchev–Trinajstić information content (AvgIpc) is 2.45. The Kier molecular flexibility index (Phi) is 4.42. The van der Waals surface area contributed by atoms with Gasteiger partial charge in [0, 0.05) is 18.8 Å². The summed E-state index contributed by atoms with van der Waals surface area (Å²) in [5.41, 5.74) is 6.90. The van der Waals surface area contributed by atoms with Gasteiger partial charge in [0.05, 0.1) is 0 Å². The Bertz CT molecular complexity index is 502. The quantitative estimate of drug-likeness (QED) is 0.381. The average molecular weight is 277 g/mol. The van der Waals surface area contributed by atoms with E-state index in [4.69, 9.17) is 10.9 Å². The van der Waals surface area contributed by atoms with Crippen molar-refractivity contribution >= 4 is 11.8 Å². The number of nitrogens with zero attached hydrogens (tertiary/aromatic N) is 4. The summed E-state index contributed by atoms with van der Waals surface area (Å²) in [7, 11) is 2.03. The van der Waals surface area contributed by atoms with Crippen LogP contribution in [-0.2, 0) is 0 Å². The van der Waals surface area contributed by atoms with Crippen LogP contribution in [0.1, 0.15) is 44.0 Å². The van der Waals surface area contributed by atoms with Crippen LogP contribution in [-0.4, -0.2) is 34.1 Å². The van der Waals surface area contributed by atoms with Crippen molar-refractivity contribution in [2.75, 3.05) is 11.9 Å². The van der Waals surface area contributed by atoms with Gasteiger partial charge in [-0.3, -0.25) is 0 Å². The van der Waals surface area contributed by atoms with Crippen molar-refractivity contribution in [3.05, 3.63) is 17.5 Å². The molecule has 6 nitrogen and oxygen atoms in total. The standard InChI is InChI=1S/C14H23N5O/c1-9-6-4-5-7-12(9)19(3)14-16-10(2)8-11(17-14)13(15)18-20/h8-9,12,20H,4-7H2,1-3H3,(H2,15,18). The SMILES string of the molecule is Cc1cc(/C(N)=N/O)nc(N(C)C2CCCCC2C)n1. The van der Waals surface area contributed by atoms with E-state index in [0.717, 1.165) is 12.1 Å². The number of aryl methyl sites for hydroxylation is 1. The Morgan fingerprint density at radius 1 is 1.40 bits per heavy atom. The fraction of sp³-hybridized carbons (Fsp3) is 0.643. The van der Waals surface area contributed by atoms with E-state index >= 15 is 0 Å². The third-order valence-corrected chi connectivity index (χ3v) is 4.09. The molecular formula is C14H23N5O. The van der Waals surface area contributed by atoms with Gasteiger partial charge in [0.1, 0.15) is 5.69 Å². The molecule has 1 fully saturated rings. The number of hydrogen-bond donors (Lipinski definition) is 2. The predicted octanol–water partition coefficient (Wildman–Crippen LogP) is 1.89. The third kappa shape index (κ3) is 3.00. The molecule has 0 spiro atoms. The number of amidine groups is 1. The first-order valence-corrected chi connectivity index (χ1v) is 7.09. The van der Waals surface area contributed by atoms with Crippen LogP contribution < -0.4 is 10.6 Å². The zero-order valence-electron chi connectivity index (χ0n) is 12.4. The molecule has 2 rings (SSSR count). The van der Waals surface area contributed by atoms with E-state index in [1.807, 2.05) is 14.0 Å². The molecule has 1 heterocycles. The summed E-state index contributed by atoms with van der Waals surface area (Å²) < 4.78 is 0. The number of aromatic nitrogens is 2. The maximum atomic E-state index is 8.79. The number of anilines is 1. The summed E-state index contributed by atoms with van der Waals surface area (Å²) >= 11 is 0. The Hall–Kier alpha value is -1.85. The lowest BCUT2D eigenvalue weighted by Gasteiger charge is -2.36. The lowest BCUT2D eigenvalue weighted by molar-refractivity contribution is 0.317. The summed E-state index contributed by atoms with van der Waals surface area (Å²) in [5, 5.41) is 11.8. The van der Waals surface area contributed by atoms with Crippen molar-refractivity contribution in [3.8, 4) is 0 Å². The van der Waals surface area contributed by atoms with Gasteiger partial charge in [0.15, 0.2) is 5.84 Å². The summed E-state index contributed by atoms with van der Waals surface area (Å²) in [6.45, 7) is 4.16. The Morgan fingerprint density at radius 3 is 2.75 bits per heavy atom. The predicted molar refractivity (Wildman–Crippen MR) is 79.1 cm³/mol. The molecule has 3 N–H and O–H groups in total. The second-order valence-corrected chi connectivity index (χ2v) is 5.62. The van der Waals surface area contributed by atoms with Crippen molar-refractivity contribution in [1.82, 2.24) is 9.97 Å². The van der Waals surface area contributed by atoms with E-state index in [1.54, 1.807) is 6.07 Å². The van der Waals surface area contributed by atoms with E-state index in [0.29, 0.717) is 23.6 Å². The van der Waals surface area contributed by atoms with Crippen LogP contribution in [0.25, 0.3) is 0 Å². The molecule has 2 atom stereocenters. The fourth-order valence-electron chi connectivity index (χ4n) is 2.91. The second-order valence-electron chi connectivity index (χ2n) is 5.62. The van der Waals surface area contributed by atoms with Crippen LogP contribution in [0.2, 0.25) is 0 Å². The molecule has 20 heavy (non-hydrogen) atoms. The molecule has 1 saturated carbocycles. The molecule has 6 heteroatoms. The van der Waals surface area contributed by atoms with Gasteiger partial charge in [-0.1, -0.05) is 24.9 Å². The van der Waals surface area contributed by atoms with Crippen LogP contribution in [0.4, 0.5) is 5.95 Å². The number of hydrogen-bond acceptors (Lipinski definition) is 5. The van der Waals surface area contributed by atoms with Crippen LogP contribution >= 0.6 is 0 Å². The number of rotatable bonds is 3. The van der Waals surface area contributed by atoms with Crippen molar-refractivity contribution in [3.63, 3.8) is 0 Å². The molecular weight excluding hydrogens is 254 g/mol. The third-order valence-electron chi connectivity index (χ3n) is 4.09. The van der Waals surface area contributed by atoms with Gasteiger partial charge in [-0.15, -0.1) is 0 Å². The summed E-state index contributed by atoms with van der Waals surface area (Å²) in [4.78, 5) is 11.0. The van der Waals surface area contributed by atoms with Gasteiger partial charge in [0.25, 0.3) is 0 Å². The lowest BCUT2D eigenvalue weighted by Crippen LogP contribution is -2.40. The Balaban J connectivity index is 2.29. The minimum atomic E-state index is 0.0156. The topological polar surface area (TPSA) is 87.6 Å². The number of oxime groups is 1. The molecule has 2 unspecified atom stereocenters. The molecule has 1 aliphatic rings. The van der Waals surface area contributed by atoms with Crippen LogP contribution in [0, 0.1) is 12.8 Å². The van der Waals surface area contributed by atoms with Gasteiger partial charge < -0.3 is 15.8 Å². The molecule has 0 bridgehead atoms. The molecule has 1 aromatic rings. The molecule has 1 aliphatic carbocycles. The Morgan fingerprint density at radius 2 is 2.10 bits per heavy atom. The number of nitrogens with two attached hydrogens (primary N) is 1. The minimum Gasteiger partial charge on any atom is -0.409 e. The first-order chi connectivity index (χ1) is 9.52. The molecule has 1 aromatic heterocycles. The van der Waals surface area contributed by atoms with E-state index < -0.39 is 0 Å². The van der Waals surface area contributed by atoms with Gasteiger partial charge in [-0.25, -0.2) is 9.97 Å². The summed E-state index contributed by atoms with van der Waals surface area (Å²) in [5.74, 6) is 1.29. The monoisotopic (exact) mass is 277 g/mol. The van der Waals surface area contributed by atoms with Crippen molar-refractivity contribution in [2.45, 2.75) is 45.6 Å². The zero-order valence-corrected chi connectivity index (χ0v) is 12.4. The van der Waals surface area contributed by atoms with E-state index in [2.05, 4.69) is 26.9 Å². The summed E-state index contributed by atoms with van der Waals surface area (Å²) in [6.07, 6.45) is 4.95. The highest BCUT2D eigenvalue weighted by Gasteiger charge is 2.26. The highest BCUT2D eigenvalue weighted by atomic mass is 16.4.